The molecule has 0 aliphatic carbocycles. The Labute approximate surface area is 92.5 Å². The average Bonchev–Trinajstić information content (AvgIpc) is 2.17. The molecule has 0 aliphatic rings. The van der Waals surface area contributed by atoms with Gasteiger partial charge in [-0.1, -0.05) is 6.92 Å². The Balaban J connectivity index is 2.50. The number of anilines is 1. The van der Waals surface area contributed by atoms with Crippen LogP contribution in [0.15, 0.2) is 12.3 Å². The predicted molar refractivity (Wildman–Crippen MR) is 60.2 cm³/mol. The van der Waals surface area contributed by atoms with Gasteiger partial charge in [0.2, 0.25) is 0 Å². The summed E-state index contributed by atoms with van der Waals surface area (Å²) in [5.41, 5.74) is 0. The summed E-state index contributed by atoms with van der Waals surface area (Å²) in [6.45, 7) is 2.70. The summed E-state index contributed by atoms with van der Waals surface area (Å²) in [6.07, 6.45) is 3.03. The second-order valence-electron chi connectivity index (χ2n) is 3.43. The van der Waals surface area contributed by atoms with Crippen LogP contribution in [0.3, 0.4) is 0 Å². The molecule has 15 heavy (non-hydrogen) atoms. The smallest absolute Gasteiger partial charge is 0.168 e. The van der Waals surface area contributed by atoms with Crippen LogP contribution in [0.4, 0.5) is 14.6 Å². The van der Waals surface area contributed by atoms with E-state index in [9.17, 15) is 8.78 Å². The van der Waals surface area contributed by atoms with E-state index in [1.54, 1.807) is 11.8 Å². The average molecular weight is 232 g/mol. The number of nitrogens with one attached hydrogen (secondary N) is 1. The summed E-state index contributed by atoms with van der Waals surface area (Å²) in [7, 11) is 0. The molecule has 0 saturated heterocycles. The fourth-order valence-electron chi connectivity index (χ4n) is 1.16. The molecule has 1 aromatic rings. The summed E-state index contributed by atoms with van der Waals surface area (Å²) < 4.78 is 25.7. The number of aromatic nitrogens is 1. The van der Waals surface area contributed by atoms with Gasteiger partial charge in [0.15, 0.2) is 11.6 Å². The zero-order chi connectivity index (χ0) is 11.3. The molecular formula is C10H14F2N2S. The van der Waals surface area contributed by atoms with Crippen molar-refractivity contribution in [2.24, 2.45) is 5.92 Å². The molecule has 0 fully saturated rings. The molecule has 2 nitrogen and oxygen atoms in total. The van der Waals surface area contributed by atoms with E-state index in [2.05, 4.69) is 17.2 Å². The second-order valence-corrected chi connectivity index (χ2v) is 4.34. The van der Waals surface area contributed by atoms with Gasteiger partial charge in [0.05, 0.1) is 6.20 Å². The van der Waals surface area contributed by atoms with Crippen LogP contribution in [0.25, 0.3) is 0 Å². The van der Waals surface area contributed by atoms with Gasteiger partial charge >= 0.3 is 0 Å². The molecule has 1 atom stereocenters. The molecule has 0 saturated carbocycles. The summed E-state index contributed by atoms with van der Waals surface area (Å²) in [4.78, 5) is 3.64. The van der Waals surface area contributed by atoms with E-state index < -0.39 is 11.6 Å². The molecule has 1 rings (SSSR count). The highest BCUT2D eigenvalue weighted by molar-refractivity contribution is 7.98. The van der Waals surface area contributed by atoms with Crippen molar-refractivity contribution in [1.82, 2.24) is 4.98 Å². The maximum atomic E-state index is 13.1. The van der Waals surface area contributed by atoms with Gasteiger partial charge in [0, 0.05) is 12.6 Å². The van der Waals surface area contributed by atoms with Crippen molar-refractivity contribution in [2.45, 2.75) is 6.92 Å². The lowest BCUT2D eigenvalue weighted by molar-refractivity contribution is 0.573. The molecule has 1 N–H and O–H groups in total. The first kappa shape index (κ1) is 12.2. The summed E-state index contributed by atoms with van der Waals surface area (Å²) in [5, 5.41) is 2.86. The molecule has 1 unspecified atom stereocenters. The van der Waals surface area contributed by atoms with Gasteiger partial charge in [-0.3, -0.25) is 0 Å². The molecule has 1 aromatic heterocycles. The van der Waals surface area contributed by atoms with E-state index >= 15 is 0 Å². The zero-order valence-corrected chi connectivity index (χ0v) is 9.57. The van der Waals surface area contributed by atoms with Gasteiger partial charge in [-0.15, -0.1) is 0 Å². The third kappa shape index (κ3) is 4.03. The van der Waals surface area contributed by atoms with Crippen molar-refractivity contribution in [2.75, 3.05) is 23.9 Å². The van der Waals surface area contributed by atoms with Crippen molar-refractivity contribution < 1.29 is 8.78 Å². The largest absolute Gasteiger partial charge is 0.367 e. The van der Waals surface area contributed by atoms with Gasteiger partial charge in [0.1, 0.15) is 5.82 Å². The van der Waals surface area contributed by atoms with Crippen molar-refractivity contribution in [1.29, 1.82) is 0 Å². The van der Waals surface area contributed by atoms with Crippen LogP contribution in [0, 0.1) is 17.6 Å². The number of nitrogens with zero attached hydrogens (tertiary/aromatic N) is 1. The van der Waals surface area contributed by atoms with Crippen LogP contribution in [0.1, 0.15) is 6.92 Å². The summed E-state index contributed by atoms with van der Waals surface area (Å²) in [6, 6.07) is 0.828. The molecular weight excluding hydrogens is 218 g/mol. The Bertz CT molecular complexity index is 320. The molecule has 0 radical (unpaired) electrons. The molecule has 84 valence electrons. The first-order valence-corrected chi connectivity index (χ1v) is 6.06. The lowest BCUT2D eigenvalue weighted by Gasteiger charge is -2.11. The first-order chi connectivity index (χ1) is 7.13. The Kier molecular flexibility index (Phi) is 4.81. The van der Waals surface area contributed by atoms with Gasteiger partial charge in [-0.2, -0.15) is 11.8 Å². The minimum Gasteiger partial charge on any atom is -0.367 e. The van der Waals surface area contributed by atoms with Crippen LogP contribution >= 0.6 is 11.8 Å². The van der Waals surface area contributed by atoms with Crippen molar-refractivity contribution >= 4 is 17.6 Å². The van der Waals surface area contributed by atoms with Gasteiger partial charge in [-0.05, 0) is 17.9 Å². The van der Waals surface area contributed by atoms with E-state index in [-0.39, 0.29) is 5.82 Å². The Morgan fingerprint density at radius 2 is 2.27 bits per heavy atom. The minimum atomic E-state index is -0.657. The first-order valence-electron chi connectivity index (χ1n) is 4.67. The van der Waals surface area contributed by atoms with Gasteiger partial charge in [0.25, 0.3) is 0 Å². The van der Waals surface area contributed by atoms with Crippen LogP contribution in [0.2, 0.25) is 0 Å². The topological polar surface area (TPSA) is 24.9 Å². The van der Waals surface area contributed by atoms with Crippen LogP contribution in [0.5, 0.6) is 0 Å². The fraction of sp³-hybridized carbons (Fsp3) is 0.500. The molecule has 0 spiro atoms. The Hall–Kier alpha value is -0.840. The second kappa shape index (κ2) is 5.90. The van der Waals surface area contributed by atoms with E-state index in [4.69, 9.17) is 0 Å². The number of pyridine rings is 1. The van der Waals surface area contributed by atoms with E-state index in [1.165, 1.54) is 0 Å². The van der Waals surface area contributed by atoms with Crippen molar-refractivity contribution in [3.05, 3.63) is 23.9 Å². The van der Waals surface area contributed by atoms with Crippen molar-refractivity contribution in [3.63, 3.8) is 0 Å². The highest BCUT2D eigenvalue weighted by Crippen LogP contribution is 2.12. The quantitative estimate of drug-likeness (QED) is 0.845. The SMILES string of the molecule is CSCC(C)CNc1ncc(F)cc1F. The lowest BCUT2D eigenvalue weighted by Crippen LogP contribution is -2.15. The standard InChI is InChI=1S/C10H14F2N2S/c1-7(6-15-2)4-13-10-9(12)3-8(11)5-14-10/h3,5,7H,4,6H2,1-2H3,(H,13,14). The summed E-state index contributed by atoms with van der Waals surface area (Å²) in [5.74, 6) is 0.229. The highest BCUT2D eigenvalue weighted by Gasteiger charge is 2.06. The van der Waals surface area contributed by atoms with Crippen molar-refractivity contribution in [3.8, 4) is 0 Å². The van der Waals surface area contributed by atoms with E-state index in [0.29, 0.717) is 12.5 Å². The Morgan fingerprint density at radius 3 is 2.87 bits per heavy atom. The summed E-state index contributed by atoms with van der Waals surface area (Å²) >= 11 is 1.74. The fourth-order valence-corrected chi connectivity index (χ4v) is 1.85. The lowest BCUT2D eigenvalue weighted by atomic mass is 10.2. The number of halogens is 2. The number of hydrogen-bond acceptors (Lipinski definition) is 3. The number of hydrogen-bond donors (Lipinski definition) is 1. The monoisotopic (exact) mass is 232 g/mol. The molecule has 0 bridgehead atoms. The van der Waals surface area contributed by atoms with Crippen LogP contribution in [-0.4, -0.2) is 23.5 Å². The van der Waals surface area contributed by atoms with Gasteiger partial charge in [-0.25, -0.2) is 13.8 Å². The van der Waals surface area contributed by atoms with Crippen LogP contribution < -0.4 is 5.32 Å². The van der Waals surface area contributed by atoms with E-state index in [0.717, 1.165) is 18.0 Å². The Morgan fingerprint density at radius 1 is 1.53 bits per heavy atom. The molecule has 0 aromatic carbocycles. The molecule has 0 amide bonds. The maximum absolute atomic E-state index is 13.1. The van der Waals surface area contributed by atoms with Gasteiger partial charge < -0.3 is 5.32 Å². The number of thioether (sulfide) groups is 1. The van der Waals surface area contributed by atoms with E-state index in [1.807, 2.05) is 6.26 Å². The highest BCUT2D eigenvalue weighted by atomic mass is 32.2. The number of rotatable bonds is 5. The predicted octanol–water partition coefficient (Wildman–Crippen LogP) is 2.77. The molecule has 0 aliphatic heterocycles. The minimum absolute atomic E-state index is 0.115. The maximum Gasteiger partial charge on any atom is 0.168 e. The van der Waals surface area contributed by atoms with Crippen LogP contribution in [-0.2, 0) is 0 Å². The third-order valence-electron chi connectivity index (χ3n) is 1.88. The third-order valence-corrected chi connectivity index (χ3v) is 2.78. The normalized spacial score (nSPS) is 12.5. The molecule has 5 heteroatoms. The molecule has 1 heterocycles. The zero-order valence-electron chi connectivity index (χ0n) is 8.76.